The SMILES string of the molecule is C[C@@H](NC(=O)C[NH+](Cc1ccco1)Cc1cccs1)c1ccccc1. The third-order valence-corrected chi connectivity index (χ3v) is 4.97. The van der Waals surface area contributed by atoms with Gasteiger partial charge in [-0.2, -0.15) is 0 Å². The van der Waals surface area contributed by atoms with Crippen LogP contribution in [-0.4, -0.2) is 12.5 Å². The molecule has 0 aliphatic rings. The predicted molar refractivity (Wildman–Crippen MR) is 99.3 cm³/mol. The van der Waals surface area contributed by atoms with E-state index in [1.54, 1.807) is 17.6 Å². The monoisotopic (exact) mass is 355 g/mol. The van der Waals surface area contributed by atoms with E-state index in [2.05, 4.69) is 16.8 Å². The Morgan fingerprint density at radius 3 is 2.64 bits per heavy atom. The van der Waals surface area contributed by atoms with Crippen LogP contribution in [0.4, 0.5) is 0 Å². The molecule has 0 bridgehead atoms. The molecule has 0 fully saturated rings. The Morgan fingerprint density at radius 1 is 1.12 bits per heavy atom. The van der Waals surface area contributed by atoms with Crippen LogP contribution in [0.1, 0.15) is 29.2 Å². The van der Waals surface area contributed by atoms with E-state index >= 15 is 0 Å². The van der Waals surface area contributed by atoms with E-state index in [4.69, 9.17) is 4.42 Å². The van der Waals surface area contributed by atoms with Gasteiger partial charge in [0.05, 0.1) is 17.2 Å². The summed E-state index contributed by atoms with van der Waals surface area (Å²) in [5, 5.41) is 5.17. The van der Waals surface area contributed by atoms with Crippen molar-refractivity contribution in [3.63, 3.8) is 0 Å². The quantitative estimate of drug-likeness (QED) is 0.653. The highest BCUT2D eigenvalue weighted by Gasteiger charge is 2.19. The van der Waals surface area contributed by atoms with E-state index < -0.39 is 0 Å². The third-order valence-electron chi connectivity index (χ3n) is 4.10. The van der Waals surface area contributed by atoms with Crippen LogP contribution in [0.15, 0.2) is 70.7 Å². The molecule has 0 aliphatic carbocycles. The average Bonchev–Trinajstić information content (AvgIpc) is 3.29. The molecule has 0 radical (unpaired) electrons. The van der Waals surface area contributed by atoms with Gasteiger partial charge in [0.2, 0.25) is 0 Å². The van der Waals surface area contributed by atoms with Crippen LogP contribution in [-0.2, 0) is 17.9 Å². The molecule has 2 N–H and O–H groups in total. The standard InChI is InChI=1S/C20H22N2O2S/c1-16(17-7-3-2-4-8-17)21-20(23)15-22(13-18-9-5-11-24-18)14-19-10-6-12-25-19/h2-12,16H,13-15H2,1H3,(H,21,23)/p+1/t16-/m1/s1. The predicted octanol–water partition coefficient (Wildman–Crippen LogP) is 2.80. The van der Waals surface area contributed by atoms with Gasteiger partial charge in [-0.15, -0.1) is 11.3 Å². The van der Waals surface area contributed by atoms with Crippen molar-refractivity contribution in [3.05, 3.63) is 82.4 Å². The van der Waals surface area contributed by atoms with E-state index in [1.165, 1.54) is 4.88 Å². The van der Waals surface area contributed by atoms with Crippen molar-refractivity contribution in [1.29, 1.82) is 0 Å². The lowest BCUT2D eigenvalue weighted by molar-refractivity contribution is -0.920. The summed E-state index contributed by atoms with van der Waals surface area (Å²) in [6, 6.07) is 18.0. The molecule has 3 rings (SSSR count). The third kappa shape index (κ3) is 5.31. The first-order valence-electron chi connectivity index (χ1n) is 8.43. The lowest BCUT2D eigenvalue weighted by Gasteiger charge is -2.19. The molecule has 5 heteroatoms. The summed E-state index contributed by atoms with van der Waals surface area (Å²) in [5.41, 5.74) is 1.11. The Bertz CT molecular complexity index is 718. The molecule has 2 heterocycles. The first-order chi connectivity index (χ1) is 12.2. The molecule has 2 aromatic heterocycles. The zero-order chi connectivity index (χ0) is 17.5. The summed E-state index contributed by atoms with van der Waals surface area (Å²) in [6.45, 7) is 3.93. The van der Waals surface area contributed by atoms with E-state index in [9.17, 15) is 4.79 Å². The molecule has 25 heavy (non-hydrogen) atoms. The minimum Gasteiger partial charge on any atom is -0.463 e. The first kappa shape index (κ1) is 17.5. The second-order valence-electron chi connectivity index (χ2n) is 6.14. The fourth-order valence-corrected chi connectivity index (χ4v) is 3.63. The summed E-state index contributed by atoms with van der Waals surface area (Å²) >= 11 is 1.72. The molecule has 3 aromatic rings. The van der Waals surface area contributed by atoms with Crippen molar-refractivity contribution in [2.45, 2.75) is 26.1 Å². The fourth-order valence-electron chi connectivity index (χ4n) is 2.85. The van der Waals surface area contributed by atoms with Gasteiger partial charge in [0.15, 0.2) is 12.3 Å². The Kier molecular flexibility index (Phi) is 6.04. The molecule has 1 aromatic carbocycles. The van der Waals surface area contributed by atoms with E-state index in [1.807, 2.05) is 55.5 Å². The zero-order valence-electron chi connectivity index (χ0n) is 14.3. The number of nitrogens with one attached hydrogen (secondary N) is 2. The minimum absolute atomic E-state index is 0.000278. The van der Waals surface area contributed by atoms with Crippen molar-refractivity contribution in [1.82, 2.24) is 5.32 Å². The van der Waals surface area contributed by atoms with E-state index in [0.29, 0.717) is 13.1 Å². The summed E-state index contributed by atoms with van der Waals surface area (Å²) in [5.74, 6) is 0.949. The van der Waals surface area contributed by atoms with Gasteiger partial charge in [0.25, 0.3) is 5.91 Å². The molecule has 0 aliphatic heterocycles. The second-order valence-corrected chi connectivity index (χ2v) is 7.17. The number of hydrogen-bond donors (Lipinski definition) is 2. The number of furan rings is 1. The number of carbonyl (C=O) groups excluding carboxylic acids is 1. The number of rotatable bonds is 8. The number of benzene rings is 1. The Morgan fingerprint density at radius 2 is 1.96 bits per heavy atom. The van der Waals surface area contributed by atoms with Gasteiger partial charge >= 0.3 is 0 Å². The molecule has 130 valence electrons. The zero-order valence-corrected chi connectivity index (χ0v) is 15.1. The summed E-state index contributed by atoms with van der Waals surface area (Å²) in [7, 11) is 0. The summed E-state index contributed by atoms with van der Waals surface area (Å²) in [6.07, 6.45) is 1.68. The van der Waals surface area contributed by atoms with Gasteiger partial charge < -0.3 is 14.6 Å². The number of thiophene rings is 1. The van der Waals surface area contributed by atoms with Crippen LogP contribution in [0.5, 0.6) is 0 Å². The maximum atomic E-state index is 12.5. The van der Waals surface area contributed by atoms with Gasteiger partial charge in [0, 0.05) is 0 Å². The van der Waals surface area contributed by atoms with E-state index in [0.717, 1.165) is 22.8 Å². The van der Waals surface area contributed by atoms with Gasteiger partial charge in [-0.25, -0.2) is 0 Å². The molecule has 4 nitrogen and oxygen atoms in total. The van der Waals surface area contributed by atoms with Gasteiger partial charge in [-0.3, -0.25) is 4.79 Å². The van der Waals surface area contributed by atoms with Crippen molar-refractivity contribution in [2.75, 3.05) is 6.54 Å². The number of amides is 1. The maximum Gasteiger partial charge on any atom is 0.275 e. The van der Waals surface area contributed by atoms with Crippen LogP contribution >= 0.6 is 11.3 Å². The van der Waals surface area contributed by atoms with Crippen LogP contribution in [0, 0.1) is 0 Å². The normalized spacial score (nSPS) is 13.3. The van der Waals surface area contributed by atoms with Gasteiger partial charge in [0.1, 0.15) is 13.1 Å². The van der Waals surface area contributed by atoms with Crippen LogP contribution in [0.2, 0.25) is 0 Å². The van der Waals surface area contributed by atoms with Crippen LogP contribution in [0.3, 0.4) is 0 Å². The molecule has 1 amide bonds. The Hall–Kier alpha value is -2.37. The lowest BCUT2D eigenvalue weighted by Crippen LogP contribution is -3.10. The van der Waals surface area contributed by atoms with Crippen LogP contribution < -0.4 is 10.2 Å². The first-order valence-corrected chi connectivity index (χ1v) is 9.31. The average molecular weight is 355 g/mol. The molecule has 1 unspecified atom stereocenters. The van der Waals surface area contributed by atoms with Gasteiger partial charge in [-0.1, -0.05) is 36.4 Å². The van der Waals surface area contributed by atoms with E-state index in [-0.39, 0.29) is 11.9 Å². The highest BCUT2D eigenvalue weighted by molar-refractivity contribution is 7.09. The Labute approximate surface area is 152 Å². The molecule has 0 saturated carbocycles. The fraction of sp³-hybridized carbons (Fsp3) is 0.250. The van der Waals surface area contributed by atoms with Crippen molar-refractivity contribution in [3.8, 4) is 0 Å². The molecular formula is C20H23N2O2S+. The molecular weight excluding hydrogens is 332 g/mol. The maximum absolute atomic E-state index is 12.5. The van der Waals surface area contributed by atoms with Crippen molar-refractivity contribution < 1.29 is 14.1 Å². The summed E-state index contributed by atoms with van der Waals surface area (Å²) < 4.78 is 5.47. The lowest BCUT2D eigenvalue weighted by atomic mass is 10.1. The van der Waals surface area contributed by atoms with Crippen molar-refractivity contribution in [2.24, 2.45) is 0 Å². The Balaban J connectivity index is 1.61. The smallest absolute Gasteiger partial charge is 0.275 e. The number of quaternary nitrogens is 1. The topological polar surface area (TPSA) is 46.7 Å². The summed E-state index contributed by atoms with van der Waals surface area (Å²) in [4.78, 5) is 15.0. The van der Waals surface area contributed by atoms with Gasteiger partial charge in [-0.05, 0) is 36.1 Å². The second kappa shape index (κ2) is 8.65. The minimum atomic E-state index is 0.000278. The molecule has 0 spiro atoms. The largest absolute Gasteiger partial charge is 0.463 e. The molecule has 2 atom stereocenters. The van der Waals surface area contributed by atoms with Crippen molar-refractivity contribution >= 4 is 17.2 Å². The highest BCUT2D eigenvalue weighted by Crippen LogP contribution is 2.10. The number of carbonyl (C=O) groups is 1. The van der Waals surface area contributed by atoms with Crippen LogP contribution in [0.25, 0.3) is 0 Å². The highest BCUT2D eigenvalue weighted by atomic mass is 32.1. The number of hydrogen-bond acceptors (Lipinski definition) is 3. The molecule has 0 saturated heterocycles.